The molecule has 32 heavy (non-hydrogen) atoms. The van der Waals surface area contributed by atoms with E-state index in [9.17, 15) is 24.3 Å². The Morgan fingerprint density at radius 1 is 1.12 bits per heavy atom. The molecule has 1 saturated heterocycles. The highest BCUT2D eigenvalue weighted by atomic mass is 35.5. The normalized spacial score (nSPS) is 29.5. The Labute approximate surface area is 190 Å². The van der Waals surface area contributed by atoms with Crippen LogP contribution >= 0.6 is 11.6 Å². The lowest BCUT2D eigenvalue weighted by Crippen LogP contribution is -2.39. The van der Waals surface area contributed by atoms with E-state index in [0.29, 0.717) is 35.2 Å². The van der Waals surface area contributed by atoms with E-state index in [0.717, 1.165) is 5.57 Å². The average Bonchev–Trinajstić information content (AvgIpc) is 3.00. The van der Waals surface area contributed by atoms with Crippen molar-refractivity contribution in [1.29, 1.82) is 0 Å². The number of rotatable bonds is 2. The number of ketones is 2. The van der Waals surface area contributed by atoms with Crippen LogP contribution in [0.1, 0.15) is 38.2 Å². The summed E-state index contributed by atoms with van der Waals surface area (Å²) in [4.78, 5) is 53.6. The standard InChI is InChI=1S/C25H22ClNO5/c1-3-27-24(31)15-7-6-13-16(21(15)25(27)32)10-17-22(19(29)8-11(2)23(17)30)20(13)14-5-4-12(28)9-18(14)26/h4-6,8-9,15-16,20-21,28H,3,7,10H2,1-2H3/t15-,16+,20+,21-/m0/s1. The Balaban J connectivity index is 1.72. The molecular weight excluding hydrogens is 430 g/mol. The van der Waals surface area contributed by atoms with Crippen molar-refractivity contribution >= 4 is 35.0 Å². The van der Waals surface area contributed by atoms with Crippen molar-refractivity contribution in [2.75, 3.05) is 6.54 Å². The third kappa shape index (κ3) is 2.78. The van der Waals surface area contributed by atoms with Gasteiger partial charge in [0.05, 0.1) is 11.8 Å². The van der Waals surface area contributed by atoms with Crippen LogP contribution in [0, 0.1) is 17.8 Å². The van der Waals surface area contributed by atoms with E-state index in [1.165, 1.54) is 23.1 Å². The zero-order valence-corrected chi connectivity index (χ0v) is 18.5. The Bertz CT molecular complexity index is 1210. The summed E-state index contributed by atoms with van der Waals surface area (Å²) in [6.07, 6.45) is 3.97. The van der Waals surface area contributed by atoms with Crippen molar-refractivity contribution in [3.63, 3.8) is 0 Å². The highest BCUT2D eigenvalue weighted by molar-refractivity contribution is 6.32. The highest BCUT2D eigenvalue weighted by Crippen LogP contribution is 2.55. The fraction of sp³-hybridized carbons (Fsp3) is 0.360. The molecule has 5 rings (SSSR count). The maximum atomic E-state index is 13.2. The van der Waals surface area contributed by atoms with E-state index in [-0.39, 0.29) is 46.5 Å². The molecule has 4 aliphatic rings. The number of hydrogen-bond donors (Lipinski definition) is 1. The van der Waals surface area contributed by atoms with Gasteiger partial charge in [0.2, 0.25) is 11.8 Å². The third-order valence-electron chi connectivity index (χ3n) is 7.26. The Hall–Kier alpha value is -2.99. The van der Waals surface area contributed by atoms with Crippen molar-refractivity contribution in [2.24, 2.45) is 17.8 Å². The van der Waals surface area contributed by atoms with Gasteiger partial charge in [-0.15, -0.1) is 0 Å². The number of benzene rings is 1. The van der Waals surface area contributed by atoms with E-state index in [4.69, 9.17) is 11.6 Å². The third-order valence-corrected chi connectivity index (χ3v) is 7.59. The number of aromatic hydroxyl groups is 1. The number of imide groups is 1. The Morgan fingerprint density at radius 3 is 2.56 bits per heavy atom. The number of phenols is 1. The molecule has 4 atom stereocenters. The molecule has 1 fully saturated rings. The molecule has 1 N–H and O–H groups in total. The van der Waals surface area contributed by atoms with Crippen LogP contribution in [0.15, 0.2) is 52.6 Å². The van der Waals surface area contributed by atoms with Gasteiger partial charge in [0.1, 0.15) is 5.75 Å². The number of Topliss-reactive ketones (excluding diaryl/α,β-unsaturated/α-hetero) is 1. The second-order valence-electron chi connectivity index (χ2n) is 8.86. The number of phenolic OH excluding ortho intramolecular Hbond substituents is 1. The summed E-state index contributed by atoms with van der Waals surface area (Å²) in [7, 11) is 0. The molecular formula is C25H22ClNO5. The lowest BCUT2D eigenvalue weighted by molar-refractivity contribution is -0.139. The van der Waals surface area contributed by atoms with Crippen LogP contribution in [0.4, 0.5) is 0 Å². The molecule has 3 aliphatic carbocycles. The van der Waals surface area contributed by atoms with E-state index in [1.807, 2.05) is 6.08 Å². The predicted octanol–water partition coefficient (Wildman–Crippen LogP) is 3.50. The predicted molar refractivity (Wildman–Crippen MR) is 117 cm³/mol. The molecule has 0 saturated carbocycles. The van der Waals surface area contributed by atoms with Crippen LogP contribution in [0.5, 0.6) is 5.75 Å². The summed E-state index contributed by atoms with van der Waals surface area (Å²) < 4.78 is 0. The Kier molecular flexibility index (Phi) is 4.75. The minimum absolute atomic E-state index is 0.00468. The molecule has 164 valence electrons. The van der Waals surface area contributed by atoms with Gasteiger partial charge in [-0.2, -0.15) is 0 Å². The molecule has 1 aromatic rings. The minimum atomic E-state index is -0.600. The van der Waals surface area contributed by atoms with Crippen molar-refractivity contribution in [1.82, 2.24) is 4.90 Å². The van der Waals surface area contributed by atoms with Gasteiger partial charge in [-0.3, -0.25) is 24.1 Å². The fourth-order valence-corrected chi connectivity index (χ4v) is 6.15. The zero-order chi connectivity index (χ0) is 22.9. The number of amides is 2. The number of carbonyl (C=O) groups is 4. The number of hydrogen-bond acceptors (Lipinski definition) is 5. The summed E-state index contributed by atoms with van der Waals surface area (Å²) in [6.45, 7) is 3.71. The molecule has 6 nitrogen and oxygen atoms in total. The second-order valence-corrected chi connectivity index (χ2v) is 9.26. The fourth-order valence-electron chi connectivity index (χ4n) is 5.86. The van der Waals surface area contributed by atoms with Gasteiger partial charge in [0.25, 0.3) is 0 Å². The van der Waals surface area contributed by atoms with Gasteiger partial charge >= 0.3 is 0 Å². The lowest BCUT2D eigenvalue weighted by Gasteiger charge is -2.42. The second kappa shape index (κ2) is 7.27. The molecule has 1 aromatic carbocycles. The highest BCUT2D eigenvalue weighted by Gasteiger charge is 2.56. The lowest BCUT2D eigenvalue weighted by atomic mass is 9.59. The van der Waals surface area contributed by atoms with Gasteiger partial charge in [0, 0.05) is 34.2 Å². The molecule has 1 aliphatic heterocycles. The number of fused-ring (bicyclic) bond motifs is 3. The summed E-state index contributed by atoms with van der Waals surface area (Å²) in [6, 6.07) is 4.56. The van der Waals surface area contributed by atoms with E-state index < -0.39 is 17.8 Å². The van der Waals surface area contributed by atoms with Crippen molar-refractivity contribution < 1.29 is 24.3 Å². The van der Waals surface area contributed by atoms with Crippen LogP contribution in [0.2, 0.25) is 5.02 Å². The SMILES string of the molecule is CCN1C(=O)[C@H]2[C@H](CC=C3[C@H](c4ccc(O)cc4Cl)C4=C(C[C@H]32)C(=O)C(C)=CC4=O)C1=O. The van der Waals surface area contributed by atoms with Crippen LogP contribution in [0.25, 0.3) is 0 Å². The number of nitrogens with zero attached hydrogens (tertiary/aromatic N) is 1. The minimum Gasteiger partial charge on any atom is -0.508 e. The zero-order valence-electron chi connectivity index (χ0n) is 17.7. The molecule has 0 bridgehead atoms. The van der Waals surface area contributed by atoms with Crippen molar-refractivity contribution in [3.8, 4) is 5.75 Å². The number of halogens is 1. The van der Waals surface area contributed by atoms with Crippen LogP contribution in [-0.2, 0) is 19.2 Å². The molecule has 1 heterocycles. The monoisotopic (exact) mass is 451 g/mol. The van der Waals surface area contributed by atoms with Gasteiger partial charge in [-0.1, -0.05) is 29.3 Å². The largest absolute Gasteiger partial charge is 0.508 e. The first-order valence-corrected chi connectivity index (χ1v) is 11.2. The van der Waals surface area contributed by atoms with Crippen molar-refractivity contribution in [3.05, 3.63) is 63.2 Å². The van der Waals surface area contributed by atoms with Gasteiger partial charge in [0.15, 0.2) is 11.6 Å². The molecule has 7 heteroatoms. The van der Waals surface area contributed by atoms with Gasteiger partial charge < -0.3 is 5.11 Å². The topological polar surface area (TPSA) is 91.8 Å². The molecule has 0 spiro atoms. The average molecular weight is 452 g/mol. The summed E-state index contributed by atoms with van der Waals surface area (Å²) >= 11 is 6.50. The maximum absolute atomic E-state index is 13.2. The van der Waals surface area contributed by atoms with Crippen molar-refractivity contribution in [2.45, 2.75) is 32.6 Å². The summed E-state index contributed by atoms with van der Waals surface area (Å²) in [5, 5.41) is 10.1. The van der Waals surface area contributed by atoms with E-state index in [2.05, 4.69) is 0 Å². The first kappa shape index (κ1) is 20.9. The van der Waals surface area contributed by atoms with E-state index in [1.54, 1.807) is 19.9 Å². The van der Waals surface area contributed by atoms with Crippen LogP contribution in [-0.4, -0.2) is 39.9 Å². The van der Waals surface area contributed by atoms with Crippen LogP contribution in [0.3, 0.4) is 0 Å². The number of carbonyl (C=O) groups excluding carboxylic acids is 4. The molecule has 0 aromatic heterocycles. The van der Waals surface area contributed by atoms with Gasteiger partial charge in [-0.05, 0) is 56.4 Å². The maximum Gasteiger partial charge on any atom is 0.233 e. The molecule has 0 unspecified atom stereocenters. The molecule has 2 amide bonds. The Morgan fingerprint density at radius 2 is 1.88 bits per heavy atom. The number of allylic oxidation sites excluding steroid dienone is 6. The quantitative estimate of drug-likeness (QED) is 0.422. The first-order valence-electron chi connectivity index (χ1n) is 10.8. The summed E-state index contributed by atoms with van der Waals surface area (Å²) in [5.41, 5.74) is 2.61. The summed E-state index contributed by atoms with van der Waals surface area (Å²) in [5.74, 6) is -2.78. The van der Waals surface area contributed by atoms with Gasteiger partial charge in [-0.25, -0.2) is 0 Å². The first-order chi connectivity index (χ1) is 15.2. The van der Waals surface area contributed by atoms with E-state index >= 15 is 0 Å². The smallest absolute Gasteiger partial charge is 0.233 e. The molecule has 0 radical (unpaired) electrons. The van der Waals surface area contributed by atoms with Crippen LogP contribution < -0.4 is 0 Å². The number of likely N-dealkylation sites (tertiary alicyclic amines) is 1.